The van der Waals surface area contributed by atoms with Crippen LogP contribution >= 0.6 is 12.2 Å². The van der Waals surface area contributed by atoms with E-state index in [0.29, 0.717) is 11.3 Å². The Bertz CT molecular complexity index is 414. The highest BCUT2D eigenvalue weighted by molar-refractivity contribution is 7.79. The summed E-state index contributed by atoms with van der Waals surface area (Å²) in [6.45, 7) is 1.40. The van der Waals surface area contributed by atoms with Crippen LogP contribution in [-0.4, -0.2) is 22.4 Å². The molecule has 0 aliphatic carbocycles. The van der Waals surface area contributed by atoms with Crippen LogP contribution in [0.4, 0.5) is 5.69 Å². The van der Waals surface area contributed by atoms with E-state index in [4.69, 9.17) is 5.11 Å². The fraction of sp³-hybridized carbons (Fsp3) is 0.182. The van der Waals surface area contributed by atoms with E-state index < -0.39 is 11.9 Å². The van der Waals surface area contributed by atoms with Crippen LogP contribution in [0.15, 0.2) is 24.3 Å². The predicted molar refractivity (Wildman–Crippen MR) is 63.7 cm³/mol. The minimum Gasteiger partial charge on any atom is -0.481 e. The number of rotatable bonds is 4. The van der Waals surface area contributed by atoms with Crippen molar-refractivity contribution in [3.05, 3.63) is 29.8 Å². The van der Waals surface area contributed by atoms with Gasteiger partial charge in [0, 0.05) is 18.0 Å². The van der Waals surface area contributed by atoms with Crippen molar-refractivity contribution in [1.82, 2.24) is 0 Å². The van der Waals surface area contributed by atoms with Gasteiger partial charge in [0.05, 0.1) is 0 Å². The van der Waals surface area contributed by atoms with Gasteiger partial charge in [-0.2, -0.15) is 0 Å². The van der Waals surface area contributed by atoms with Gasteiger partial charge in [-0.25, -0.2) is 0 Å². The summed E-state index contributed by atoms with van der Waals surface area (Å²) >= 11 is 4.53. The zero-order valence-corrected chi connectivity index (χ0v) is 9.38. The molecule has 0 aliphatic rings. The molecule has 1 aromatic rings. The second-order valence-corrected chi connectivity index (χ2v) is 3.43. The third-order valence-corrected chi connectivity index (χ3v) is 2.16. The minimum absolute atomic E-state index is 0.177. The van der Waals surface area contributed by atoms with E-state index in [1.807, 2.05) is 0 Å². The molecule has 0 saturated carbocycles. The molecule has 1 aromatic carbocycles. The molecule has 0 fully saturated rings. The Morgan fingerprint density at radius 2 is 1.94 bits per heavy atom. The average molecular weight is 236 g/mol. The van der Waals surface area contributed by atoms with Crippen LogP contribution in [0.25, 0.3) is 0 Å². The molecule has 1 amide bonds. The van der Waals surface area contributed by atoms with Crippen molar-refractivity contribution < 1.29 is 14.7 Å². The maximum Gasteiger partial charge on any atom is 0.316 e. The lowest BCUT2D eigenvalue weighted by molar-refractivity contribution is -0.136. The molecule has 0 aromatic heterocycles. The van der Waals surface area contributed by atoms with Crippen molar-refractivity contribution in [3.63, 3.8) is 0 Å². The number of thiocarbonyl (C=S) groups is 1. The van der Waals surface area contributed by atoms with Gasteiger partial charge in [-0.3, -0.25) is 9.59 Å². The molecule has 1 atom stereocenters. The maximum absolute atomic E-state index is 10.8. The van der Waals surface area contributed by atoms with Crippen molar-refractivity contribution in [1.29, 1.82) is 0 Å². The number of hydrogen-bond donors (Lipinski definition) is 2. The Morgan fingerprint density at radius 1 is 1.38 bits per heavy atom. The van der Waals surface area contributed by atoms with Crippen molar-refractivity contribution in [2.45, 2.75) is 12.8 Å². The third-order valence-electron chi connectivity index (χ3n) is 1.93. The lowest BCUT2D eigenvalue weighted by atomic mass is 10.0. The molecule has 16 heavy (non-hydrogen) atoms. The quantitative estimate of drug-likeness (QED) is 0.781. The largest absolute Gasteiger partial charge is 0.481 e. The first kappa shape index (κ1) is 12.3. The summed E-state index contributed by atoms with van der Waals surface area (Å²) in [5.74, 6) is -2.13. The molecular weight excluding hydrogens is 226 g/mol. The standard InChI is InChI=1S/C11H10NO3S/c1-7(13)12-9-4-2-8(3-5-9)10(6-16)11(14)15/h2-5,10H,1H3,(H,12,13)(H,14,15). The van der Waals surface area contributed by atoms with Gasteiger partial charge < -0.3 is 10.4 Å². The Morgan fingerprint density at radius 3 is 2.31 bits per heavy atom. The highest BCUT2D eigenvalue weighted by atomic mass is 32.1. The number of carbonyl (C=O) groups is 2. The fourth-order valence-electron chi connectivity index (χ4n) is 1.22. The number of amides is 1. The van der Waals surface area contributed by atoms with E-state index in [1.54, 1.807) is 24.3 Å². The Balaban J connectivity index is 2.89. The second kappa shape index (κ2) is 5.37. The summed E-state index contributed by atoms with van der Waals surface area (Å²) in [5, 5.41) is 13.7. The SMILES string of the molecule is CC(=O)Nc1ccc(C([C]=S)C(=O)O)cc1. The molecule has 83 valence electrons. The normalized spacial score (nSPS) is 11.6. The summed E-state index contributed by atoms with van der Waals surface area (Å²) < 4.78 is 0. The summed E-state index contributed by atoms with van der Waals surface area (Å²) in [6.07, 6.45) is 0. The first-order valence-electron chi connectivity index (χ1n) is 4.52. The van der Waals surface area contributed by atoms with Crippen LogP contribution < -0.4 is 5.32 Å². The van der Waals surface area contributed by atoms with Crippen molar-refractivity contribution in [3.8, 4) is 0 Å². The highest BCUT2D eigenvalue weighted by Gasteiger charge is 2.16. The van der Waals surface area contributed by atoms with Crippen LogP contribution in [0.3, 0.4) is 0 Å². The van der Waals surface area contributed by atoms with Gasteiger partial charge in [0.25, 0.3) is 0 Å². The smallest absolute Gasteiger partial charge is 0.316 e. The number of nitrogens with one attached hydrogen (secondary N) is 1. The molecule has 1 unspecified atom stereocenters. The first-order valence-corrected chi connectivity index (χ1v) is 4.93. The van der Waals surface area contributed by atoms with Crippen LogP contribution in [0.2, 0.25) is 0 Å². The zero-order valence-electron chi connectivity index (χ0n) is 8.56. The molecule has 5 heteroatoms. The van der Waals surface area contributed by atoms with E-state index in [-0.39, 0.29) is 5.91 Å². The molecular formula is C11H10NO3S. The van der Waals surface area contributed by atoms with Crippen LogP contribution in [0, 0.1) is 0 Å². The van der Waals surface area contributed by atoms with Crippen LogP contribution in [0.5, 0.6) is 0 Å². The van der Waals surface area contributed by atoms with Gasteiger partial charge in [0.2, 0.25) is 5.91 Å². The molecule has 1 radical (unpaired) electrons. The van der Waals surface area contributed by atoms with Crippen LogP contribution in [0.1, 0.15) is 18.4 Å². The number of aliphatic carboxylic acids is 1. The molecule has 2 N–H and O–H groups in total. The lowest BCUT2D eigenvalue weighted by Crippen LogP contribution is -2.12. The van der Waals surface area contributed by atoms with Gasteiger partial charge in [-0.15, -0.1) is 0 Å². The number of carboxylic acids is 1. The van der Waals surface area contributed by atoms with Crippen molar-refractivity contribution in [2.24, 2.45) is 0 Å². The molecule has 4 nitrogen and oxygen atoms in total. The Labute approximate surface area is 98.3 Å². The summed E-state index contributed by atoms with van der Waals surface area (Å²) in [5.41, 5.74) is 1.15. The third kappa shape index (κ3) is 3.13. The number of carboxylic acid groups (broad SMARTS) is 1. The molecule has 0 aliphatic heterocycles. The molecule has 1 rings (SSSR count). The average Bonchev–Trinajstić information content (AvgIpc) is 2.20. The Hall–Kier alpha value is -1.75. The molecule has 0 bridgehead atoms. The predicted octanol–water partition coefficient (Wildman–Crippen LogP) is 1.69. The van der Waals surface area contributed by atoms with E-state index in [0.717, 1.165) is 0 Å². The Kier molecular flexibility index (Phi) is 4.13. The van der Waals surface area contributed by atoms with Gasteiger partial charge in [0.15, 0.2) is 0 Å². The first-order chi connectivity index (χ1) is 7.54. The summed E-state index contributed by atoms with van der Waals surface area (Å²) in [4.78, 5) is 21.6. The number of carbonyl (C=O) groups excluding carboxylic acids is 1. The number of anilines is 1. The molecule has 0 spiro atoms. The summed E-state index contributed by atoms with van der Waals surface area (Å²) in [6, 6.07) is 6.45. The summed E-state index contributed by atoms with van der Waals surface area (Å²) in [7, 11) is 0. The lowest BCUT2D eigenvalue weighted by Gasteiger charge is -2.07. The zero-order chi connectivity index (χ0) is 12.1. The van der Waals surface area contributed by atoms with Crippen molar-refractivity contribution >= 4 is 35.1 Å². The van der Waals surface area contributed by atoms with E-state index in [2.05, 4.69) is 22.9 Å². The monoisotopic (exact) mass is 236 g/mol. The maximum atomic E-state index is 10.8. The number of hydrogen-bond acceptors (Lipinski definition) is 3. The minimum atomic E-state index is -1.04. The van der Waals surface area contributed by atoms with Crippen molar-refractivity contribution in [2.75, 3.05) is 5.32 Å². The topological polar surface area (TPSA) is 66.4 Å². The van der Waals surface area contributed by atoms with Gasteiger partial charge in [-0.05, 0) is 17.7 Å². The van der Waals surface area contributed by atoms with Gasteiger partial charge in [-0.1, -0.05) is 24.4 Å². The number of benzene rings is 1. The van der Waals surface area contributed by atoms with Crippen LogP contribution in [-0.2, 0) is 9.59 Å². The molecule has 0 heterocycles. The fourth-order valence-corrected chi connectivity index (χ4v) is 1.46. The van der Waals surface area contributed by atoms with Gasteiger partial charge >= 0.3 is 5.97 Å². The second-order valence-electron chi connectivity index (χ2n) is 3.19. The highest BCUT2D eigenvalue weighted by Crippen LogP contribution is 2.17. The van der Waals surface area contributed by atoms with E-state index in [9.17, 15) is 9.59 Å². The van der Waals surface area contributed by atoms with E-state index >= 15 is 0 Å². The van der Waals surface area contributed by atoms with Gasteiger partial charge in [0.1, 0.15) is 5.92 Å². The van der Waals surface area contributed by atoms with E-state index in [1.165, 1.54) is 6.92 Å². The molecule has 0 saturated heterocycles.